The van der Waals surface area contributed by atoms with Gasteiger partial charge in [0, 0.05) is 59.3 Å². The molecule has 0 bridgehead atoms. The molecule has 3 aromatic rings. The van der Waals surface area contributed by atoms with Gasteiger partial charge in [0.2, 0.25) is 0 Å². The predicted octanol–water partition coefficient (Wildman–Crippen LogP) is 0.346. The Hall–Kier alpha value is -3.91. The molecular formula is C27H30N3O6Ru. The minimum atomic E-state index is -1.14. The van der Waals surface area contributed by atoms with Crippen LogP contribution in [-0.4, -0.2) is 60.2 Å². The molecule has 0 fully saturated rings. The Bertz CT molecular complexity index is 984. The molecule has 197 valence electrons. The summed E-state index contributed by atoms with van der Waals surface area (Å²) in [4.78, 5) is 36.8. The predicted molar refractivity (Wildman–Crippen MR) is 135 cm³/mol. The summed E-state index contributed by atoms with van der Waals surface area (Å²) in [6, 6.07) is 19.6. The van der Waals surface area contributed by atoms with E-state index in [4.69, 9.17) is 0 Å². The van der Waals surface area contributed by atoms with E-state index < -0.39 is 17.9 Å². The van der Waals surface area contributed by atoms with Crippen molar-refractivity contribution < 1.29 is 49.2 Å². The molecule has 10 heteroatoms. The number of hydrogen-bond acceptors (Lipinski definition) is 9. The summed E-state index contributed by atoms with van der Waals surface area (Å²) in [5.74, 6) is -3.42. The van der Waals surface area contributed by atoms with Gasteiger partial charge < -0.3 is 44.4 Å². The second-order valence-electron chi connectivity index (χ2n) is 8.19. The maximum atomic E-state index is 10.4. The van der Waals surface area contributed by atoms with E-state index in [9.17, 15) is 29.7 Å². The van der Waals surface area contributed by atoms with Gasteiger partial charge in [0.05, 0.1) is 17.9 Å². The second kappa shape index (κ2) is 16.0. The van der Waals surface area contributed by atoms with Gasteiger partial charge in [-0.15, -0.1) is 0 Å². The SMILES string of the molecule is CN(C)c1ccc(C(=O)[O-])cc1.CN(C)c1ccc(C(=O)[O-])cc1.CN(C)c1ccc(C(=O)[O-])cc1.[Ru+3]. The fourth-order valence-electron chi connectivity index (χ4n) is 2.69. The number of carbonyl (C=O) groups excluding carboxylic acids is 3. The molecule has 0 aliphatic rings. The number of nitrogens with zero attached hydrogens (tertiary/aromatic N) is 3. The summed E-state index contributed by atoms with van der Waals surface area (Å²) in [5.41, 5.74) is 3.54. The van der Waals surface area contributed by atoms with E-state index >= 15 is 0 Å². The number of benzene rings is 3. The summed E-state index contributed by atoms with van der Waals surface area (Å²) < 4.78 is 0. The standard InChI is InChI=1S/3C9H11NO2.Ru/c3*1-10(2)8-5-3-7(4-6-8)9(11)12;/h3*3-6H,1-2H3,(H,11,12);/q;;;+3/p-3. The van der Waals surface area contributed by atoms with E-state index in [1.165, 1.54) is 36.4 Å². The van der Waals surface area contributed by atoms with Gasteiger partial charge in [-0.1, -0.05) is 36.4 Å². The Labute approximate surface area is 230 Å². The van der Waals surface area contributed by atoms with Gasteiger partial charge in [-0.2, -0.15) is 0 Å². The summed E-state index contributed by atoms with van der Waals surface area (Å²) >= 11 is 0. The number of rotatable bonds is 6. The van der Waals surface area contributed by atoms with Crippen molar-refractivity contribution in [3.05, 3.63) is 89.5 Å². The average Bonchev–Trinajstić information content (AvgIpc) is 2.84. The third-order valence-corrected chi connectivity index (χ3v) is 4.86. The third-order valence-electron chi connectivity index (χ3n) is 4.86. The average molecular weight is 594 g/mol. The Balaban J connectivity index is 0.000000518. The third kappa shape index (κ3) is 11.6. The quantitative estimate of drug-likeness (QED) is 0.372. The van der Waals surface area contributed by atoms with E-state index in [1.807, 2.05) is 57.0 Å². The van der Waals surface area contributed by atoms with Crippen LogP contribution >= 0.6 is 0 Å². The first kappa shape index (κ1) is 33.1. The Morgan fingerprint density at radius 1 is 0.432 bits per heavy atom. The molecule has 0 heterocycles. The summed E-state index contributed by atoms with van der Waals surface area (Å²) in [6.07, 6.45) is 0. The van der Waals surface area contributed by atoms with Crippen molar-refractivity contribution in [1.29, 1.82) is 0 Å². The van der Waals surface area contributed by atoms with E-state index in [1.54, 1.807) is 36.4 Å². The summed E-state index contributed by atoms with van der Waals surface area (Å²) in [6.45, 7) is 0. The molecule has 0 N–H and O–H groups in total. The number of carbonyl (C=O) groups is 3. The van der Waals surface area contributed by atoms with Crippen molar-refractivity contribution in [2.24, 2.45) is 0 Å². The van der Waals surface area contributed by atoms with Crippen LogP contribution in [-0.2, 0) is 19.5 Å². The topological polar surface area (TPSA) is 130 Å². The Morgan fingerprint density at radius 3 is 0.703 bits per heavy atom. The van der Waals surface area contributed by atoms with Crippen molar-refractivity contribution in [2.45, 2.75) is 0 Å². The van der Waals surface area contributed by atoms with Crippen LogP contribution in [0.4, 0.5) is 17.1 Å². The van der Waals surface area contributed by atoms with Gasteiger partial charge >= 0.3 is 19.5 Å². The fourth-order valence-corrected chi connectivity index (χ4v) is 2.69. The zero-order chi connectivity index (χ0) is 27.4. The van der Waals surface area contributed by atoms with Crippen molar-refractivity contribution in [3.8, 4) is 0 Å². The Kier molecular flexibility index (Phi) is 14.3. The minimum Gasteiger partial charge on any atom is -0.545 e. The first-order valence-corrected chi connectivity index (χ1v) is 10.8. The van der Waals surface area contributed by atoms with E-state index in [0.29, 0.717) is 0 Å². The molecule has 0 spiro atoms. The number of aromatic carboxylic acids is 3. The normalized spacial score (nSPS) is 9.24. The minimum absolute atomic E-state index is 0. The molecule has 0 aliphatic carbocycles. The van der Waals surface area contributed by atoms with Gasteiger partial charge in [0.25, 0.3) is 0 Å². The molecule has 0 amide bonds. The van der Waals surface area contributed by atoms with Crippen LogP contribution in [0.3, 0.4) is 0 Å². The second-order valence-corrected chi connectivity index (χ2v) is 8.19. The number of hydrogen-bond donors (Lipinski definition) is 0. The van der Waals surface area contributed by atoms with Crippen molar-refractivity contribution in [1.82, 2.24) is 0 Å². The molecular weight excluding hydrogens is 563 g/mol. The molecule has 9 nitrogen and oxygen atoms in total. The molecule has 0 atom stereocenters. The molecule has 37 heavy (non-hydrogen) atoms. The van der Waals surface area contributed by atoms with Gasteiger partial charge in [-0.05, 0) is 53.1 Å². The fraction of sp³-hybridized carbons (Fsp3) is 0.222. The molecule has 3 aromatic carbocycles. The van der Waals surface area contributed by atoms with Crippen LogP contribution in [0.5, 0.6) is 0 Å². The number of anilines is 3. The largest absolute Gasteiger partial charge is 3.00 e. The van der Waals surface area contributed by atoms with Crippen LogP contribution in [0.15, 0.2) is 72.8 Å². The molecule has 0 saturated carbocycles. The number of carboxylic acids is 3. The van der Waals surface area contributed by atoms with E-state index in [0.717, 1.165) is 17.1 Å². The number of carboxylic acid groups (broad SMARTS) is 3. The summed E-state index contributed by atoms with van der Waals surface area (Å²) in [5, 5.41) is 31.1. The van der Waals surface area contributed by atoms with Gasteiger partial charge in [-0.3, -0.25) is 0 Å². The molecule has 0 aromatic heterocycles. The zero-order valence-corrected chi connectivity index (χ0v) is 23.3. The van der Waals surface area contributed by atoms with Crippen molar-refractivity contribution in [3.63, 3.8) is 0 Å². The van der Waals surface area contributed by atoms with Crippen molar-refractivity contribution >= 4 is 35.0 Å². The monoisotopic (exact) mass is 594 g/mol. The van der Waals surface area contributed by atoms with Gasteiger partial charge in [-0.25, -0.2) is 0 Å². The van der Waals surface area contributed by atoms with Crippen LogP contribution in [0.1, 0.15) is 31.1 Å². The molecule has 0 saturated heterocycles. The molecule has 0 unspecified atom stereocenters. The van der Waals surface area contributed by atoms with Gasteiger partial charge in [0.1, 0.15) is 0 Å². The van der Waals surface area contributed by atoms with Crippen molar-refractivity contribution in [2.75, 3.05) is 57.0 Å². The maximum Gasteiger partial charge on any atom is 3.00 e. The smallest absolute Gasteiger partial charge is 0.545 e. The zero-order valence-electron chi connectivity index (χ0n) is 21.6. The Morgan fingerprint density at radius 2 is 0.595 bits per heavy atom. The van der Waals surface area contributed by atoms with Gasteiger partial charge in [0.15, 0.2) is 0 Å². The summed E-state index contributed by atoms with van der Waals surface area (Å²) in [7, 11) is 11.4. The van der Waals surface area contributed by atoms with Crippen LogP contribution in [0.2, 0.25) is 0 Å². The molecule has 0 aliphatic heterocycles. The van der Waals surface area contributed by atoms with Crippen LogP contribution in [0.25, 0.3) is 0 Å². The maximum absolute atomic E-state index is 10.4. The van der Waals surface area contributed by atoms with Crippen LogP contribution in [0, 0.1) is 0 Å². The van der Waals surface area contributed by atoms with Crippen LogP contribution < -0.4 is 30.0 Å². The first-order chi connectivity index (χ1) is 16.8. The first-order valence-electron chi connectivity index (χ1n) is 10.8. The van der Waals surface area contributed by atoms with E-state index in [-0.39, 0.29) is 36.2 Å². The molecule has 1 radical (unpaired) electrons. The van der Waals surface area contributed by atoms with E-state index in [2.05, 4.69) is 0 Å². The molecule has 3 rings (SSSR count).